The monoisotopic (exact) mass is 518 g/mol. The van der Waals surface area contributed by atoms with Gasteiger partial charge in [-0.2, -0.15) is 13.2 Å². The van der Waals surface area contributed by atoms with E-state index in [2.05, 4.69) is 5.48 Å². The third-order valence-corrected chi connectivity index (χ3v) is 7.08. The van der Waals surface area contributed by atoms with Gasteiger partial charge in [0, 0.05) is 30.5 Å². The first-order valence-electron chi connectivity index (χ1n) is 10.2. The van der Waals surface area contributed by atoms with Crippen LogP contribution in [0, 0.1) is 5.92 Å². The van der Waals surface area contributed by atoms with Crippen LogP contribution in [0.5, 0.6) is 0 Å². The molecule has 1 saturated heterocycles. The minimum atomic E-state index is -4.81. The molecule has 1 atom stereocenters. The van der Waals surface area contributed by atoms with E-state index in [0.29, 0.717) is 18.7 Å². The summed E-state index contributed by atoms with van der Waals surface area (Å²) in [5.41, 5.74) is 1.02. The van der Waals surface area contributed by atoms with Crippen molar-refractivity contribution >= 4 is 46.4 Å². The molecule has 0 aliphatic carbocycles. The number of carbonyl (C=O) groups excluding carboxylic acids is 1. The fraction of sp³-hybridized carbons (Fsp3) is 0.348. The highest BCUT2D eigenvalue weighted by Gasteiger charge is 2.59. The second-order valence-corrected chi connectivity index (χ2v) is 9.66. The highest BCUT2D eigenvalue weighted by atomic mass is 35.5. The summed E-state index contributed by atoms with van der Waals surface area (Å²) >= 11 is 17.8. The maximum Gasteiger partial charge on any atom is 0.428 e. The molecule has 2 heterocycles. The fourth-order valence-corrected chi connectivity index (χ4v) is 4.52. The molecule has 2 aromatic carbocycles. The Morgan fingerprint density at radius 1 is 1.12 bits per heavy atom. The standard InChI is InChI=1S/C23H20Cl3F3N2O2/c1-12(2)21(32)31-10-15(11-31)13-3-5-14(6-4-13)19-9-22(33-30-19,23(27,28)29)16-7-17(24)20(26)18(25)8-16/h3-9,12,15,30H,10-11H2,1-2H3. The summed E-state index contributed by atoms with van der Waals surface area (Å²) in [6.45, 7) is 4.99. The zero-order valence-corrected chi connectivity index (χ0v) is 19.9. The second kappa shape index (κ2) is 8.69. The molecule has 0 aromatic heterocycles. The van der Waals surface area contributed by atoms with Gasteiger partial charge in [0.05, 0.1) is 20.8 Å². The topological polar surface area (TPSA) is 41.6 Å². The van der Waals surface area contributed by atoms with E-state index in [0.717, 1.165) is 23.8 Å². The highest BCUT2D eigenvalue weighted by molar-refractivity contribution is 6.48. The molecule has 10 heteroatoms. The summed E-state index contributed by atoms with van der Waals surface area (Å²) in [5.74, 6) is 0.273. The quantitative estimate of drug-likeness (QED) is 0.465. The molecule has 33 heavy (non-hydrogen) atoms. The normalized spacial score (nSPS) is 21.1. The third kappa shape index (κ3) is 4.32. The van der Waals surface area contributed by atoms with Crippen LogP contribution in [0.15, 0.2) is 42.5 Å². The van der Waals surface area contributed by atoms with Gasteiger partial charge in [0.2, 0.25) is 11.5 Å². The van der Waals surface area contributed by atoms with E-state index in [4.69, 9.17) is 39.6 Å². The Bertz CT molecular complexity index is 1090. The van der Waals surface area contributed by atoms with Gasteiger partial charge in [-0.05, 0) is 29.3 Å². The van der Waals surface area contributed by atoms with Gasteiger partial charge >= 0.3 is 6.18 Å². The molecule has 4 rings (SSSR count). The van der Waals surface area contributed by atoms with Gasteiger partial charge in [-0.3, -0.25) is 15.1 Å². The van der Waals surface area contributed by atoms with Gasteiger partial charge in [0.1, 0.15) is 0 Å². The van der Waals surface area contributed by atoms with E-state index in [9.17, 15) is 18.0 Å². The van der Waals surface area contributed by atoms with Crippen LogP contribution in [0.4, 0.5) is 13.2 Å². The Hall–Kier alpha value is -1.93. The van der Waals surface area contributed by atoms with E-state index in [1.807, 2.05) is 26.0 Å². The molecule has 4 nitrogen and oxygen atoms in total. The number of hydrogen-bond acceptors (Lipinski definition) is 3. The highest BCUT2D eigenvalue weighted by Crippen LogP contribution is 2.49. The average molecular weight is 520 g/mol. The van der Waals surface area contributed by atoms with Gasteiger partial charge in [-0.25, -0.2) is 0 Å². The van der Waals surface area contributed by atoms with Crippen molar-refractivity contribution in [3.63, 3.8) is 0 Å². The molecule has 0 saturated carbocycles. The van der Waals surface area contributed by atoms with E-state index in [-0.39, 0.29) is 44.1 Å². The van der Waals surface area contributed by atoms with Crippen LogP contribution < -0.4 is 5.48 Å². The van der Waals surface area contributed by atoms with E-state index in [1.165, 1.54) is 0 Å². The molecule has 0 radical (unpaired) electrons. The zero-order chi connectivity index (χ0) is 24.1. The minimum Gasteiger partial charge on any atom is -0.341 e. The first-order chi connectivity index (χ1) is 15.4. The molecular formula is C23H20Cl3F3N2O2. The van der Waals surface area contributed by atoms with Crippen LogP contribution in [-0.2, 0) is 15.2 Å². The molecular weight excluding hydrogens is 500 g/mol. The van der Waals surface area contributed by atoms with Crippen molar-refractivity contribution in [2.24, 2.45) is 5.92 Å². The summed E-state index contributed by atoms with van der Waals surface area (Å²) in [6.07, 6.45) is -3.84. The smallest absolute Gasteiger partial charge is 0.341 e. The summed E-state index contributed by atoms with van der Waals surface area (Å²) in [4.78, 5) is 18.9. The lowest BCUT2D eigenvalue weighted by Gasteiger charge is -2.40. The van der Waals surface area contributed by atoms with Crippen molar-refractivity contribution in [3.8, 4) is 0 Å². The maximum absolute atomic E-state index is 14.2. The Balaban J connectivity index is 1.59. The van der Waals surface area contributed by atoms with Crippen molar-refractivity contribution in [1.29, 1.82) is 0 Å². The molecule has 2 aliphatic rings. The number of carbonyl (C=O) groups is 1. The predicted molar refractivity (Wildman–Crippen MR) is 122 cm³/mol. The predicted octanol–water partition coefficient (Wildman–Crippen LogP) is 6.56. The van der Waals surface area contributed by atoms with Crippen LogP contribution in [0.3, 0.4) is 0 Å². The Labute approximate surface area is 204 Å². The molecule has 176 valence electrons. The second-order valence-electron chi connectivity index (χ2n) is 8.47. The summed E-state index contributed by atoms with van der Waals surface area (Å²) in [5, 5.41) is -0.249. The SMILES string of the molecule is CC(C)C(=O)N1CC(c2ccc(C3=CC(c4cc(Cl)c(Cl)c(Cl)c4)(C(F)(F)F)ON3)cc2)C1. The Kier molecular flexibility index (Phi) is 6.37. The number of likely N-dealkylation sites (tertiary alicyclic amines) is 1. The number of halogens is 6. The van der Waals surface area contributed by atoms with Crippen molar-refractivity contribution in [2.75, 3.05) is 13.1 Å². The van der Waals surface area contributed by atoms with Crippen LogP contribution in [-0.4, -0.2) is 30.1 Å². The van der Waals surface area contributed by atoms with Gasteiger partial charge in [0.25, 0.3) is 0 Å². The number of hydroxylamine groups is 1. The first-order valence-corrected chi connectivity index (χ1v) is 11.3. The number of nitrogens with zero attached hydrogens (tertiary/aromatic N) is 1. The number of alkyl halides is 3. The van der Waals surface area contributed by atoms with Crippen LogP contribution in [0.1, 0.15) is 36.5 Å². The van der Waals surface area contributed by atoms with Crippen molar-refractivity contribution in [3.05, 3.63) is 74.2 Å². The molecule has 2 aliphatic heterocycles. The largest absolute Gasteiger partial charge is 0.428 e. The molecule has 0 bridgehead atoms. The maximum atomic E-state index is 14.2. The number of nitrogens with one attached hydrogen (secondary N) is 1. The first kappa shape index (κ1) is 24.2. The summed E-state index contributed by atoms with van der Waals surface area (Å²) < 4.78 is 42.5. The van der Waals surface area contributed by atoms with Gasteiger partial charge in [-0.15, -0.1) is 0 Å². The molecule has 0 spiro atoms. The van der Waals surface area contributed by atoms with Crippen molar-refractivity contribution in [2.45, 2.75) is 31.5 Å². The molecule has 2 aromatic rings. The lowest BCUT2D eigenvalue weighted by molar-refractivity contribution is -0.269. The van der Waals surface area contributed by atoms with E-state index >= 15 is 0 Å². The molecule has 1 N–H and O–H groups in total. The summed E-state index contributed by atoms with van der Waals surface area (Å²) in [6, 6.07) is 9.33. The number of rotatable bonds is 4. The number of hydrogen-bond donors (Lipinski definition) is 1. The van der Waals surface area contributed by atoms with Gasteiger partial charge in [0.15, 0.2) is 0 Å². The molecule has 1 amide bonds. The Morgan fingerprint density at radius 2 is 1.70 bits per heavy atom. The summed E-state index contributed by atoms with van der Waals surface area (Å²) in [7, 11) is 0. The van der Waals surface area contributed by atoms with Gasteiger partial charge in [-0.1, -0.05) is 72.9 Å². The van der Waals surface area contributed by atoms with E-state index in [1.54, 1.807) is 17.0 Å². The minimum absolute atomic E-state index is 0.0326. The third-order valence-electron chi connectivity index (χ3n) is 5.88. The van der Waals surface area contributed by atoms with Gasteiger partial charge < -0.3 is 4.90 Å². The lowest BCUT2D eigenvalue weighted by Crippen LogP contribution is -2.49. The van der Waals surface area contributed by atoms with Crippen molar-refractivity contribution < 1.29 is 22.8 Å². The zero-order valence-electron chi connectivity index (χ0n) is 17.6. The van der Waals surface area contributed by atoms with E-state index < -0.39 is 11.8 Å². The Morgan fingerprint density at radius 3 is 2.21 bits per heavy atom. The van der Waals surface area contributed by atoms with Crippen LogP contribution in [0.25, 0.3) is 5.70 Å². The average Bonchev–Trinajstić information content (AvgIpc) is 3.18. The van der Waals surface area contributed by atoms with Crippen LogP contribution in [0.2, 0.25) is 15.1 Å². The molecule has 1 fully saturated rings. The number of amides is 1. The van der Waals surface area contributed by atoms with Crippen molar-refractivity contribution in [1.82, 2.24) is 10.4 Å². The lowest BCUT2D eigenvalue weighted by atomic mass is 9.89. The fourth-order valence-electron chi connectivity index (χ4n) is 3.92. The van der Waals surface area contributed by atoms with Crippen LogP contribution >= 0.6 is 34.8 Å². The number of benzene rings is 2. The molecule has 1 unspecified atom stereocenters.